The topological polar surface area (TPSA) is 29.5 Å². The van der Waals surface area contributed by atoms with Gasteiger partial charge in [0.2, 0.25) is 0 Å². The first kappa shape index (κ1) is 15.9. The first-order valence-corrected chi connectivity index (χ1v) is 6.82. The van der Waals surface area contributed by atoms with Crippen molar-refractivity contribution in [2.24, 2.45) is 5.41 Å². The Bertz CT molecular complexity index is 387. The Morgan fingerprint density at radius 3 is 2.42 bits per heavy atom. The Balaban J connectivity index is 2.71. The van der Waals surface area contributed by atoms with Crippen molar-refractivity contribution >= 4 is 5.78 Å². The van der Waals surface area contributed by atoms with Crippen molar-refractivity contribution in [3.63, 3.8) is 0 Å². The maximum absolute atomic E-state index is 12.5. The van der Waals surface area contributed by atoms with Crippen molar-refractivity contribution in [3.8, 4) is 0 Å². The SMILES string of the molecule is CCN(CCOC)CC(C)(C)C(=O)c1ccccc1. The van der Waals surface area contributed by atoms with Crippen LogP contribution in [0.2, 0.25) is 0 Å². The quantitative estimate of drug-likeness (QED) is 0.675. The van der Waals surface area contributed by atoms with Gasteiger partial charge in [0.25, 0.3) is 0 Å². The third-order valence-corrected chi connectivity index (χ3v) is 3.33. The average molecular weight is 263 g/mol. The summed E-state index contributed by atoms with van der Waals surface area (Å²) in [4.78, 5) is 14.8. The van der Waals surface area contributed by atoms with E-state index in [1.54, 1.807) is 7.11 Å². The Kier molecular flexibility index (Phi) is 6.19. The maximum Gasteiger partial charge on any atom is 0.169 e. The number of methoxy groups -OCH3 is 1. The van der Waals surface area contributed by atoms with Crippen LogP contribution in [0, 0.1) is 5.41 Å². The molecule has 0 saturated heterocycles. The molecule has 0 aromatic heterocycles. The summed E-state index contributed by atoms with van der Waals surface area (Å²) in [5.41, 5.74) is 0.403. The molecule has 0 aliphatic heterocycles. The lowest BCUT2D eigenvalue weighted by molar-refractivity contribution is 0.0731. The van der Waals surface area contributed by atoms with E-state index in [0.717, 1.165) is 25.2 Å². The van der Waals surface area contributed by atoms with Gasteiger partial charge in [-0.15, -0.1) is 0 Å². The zero-order valence-electron chi connectivity index (χ0n) is 12.5. The van der Waals surface area contributed by atoms with E-state index in [1.165, 1.54) is 0 Å². The monoisotopic (exact) mass is 263 g/mol. The molecule has 1 rings (SSSR count). The van der Waals surface area contributed by atoms with Crippen molar-refractivity contribution in [2.45, 2.75) is 20.8 Å². The molecule has 0 N–H and O–H groups in total. The fourth-order valence-corrected chi connectivity index (χ4v) is 2.18. The summed E-state index contributed by atoms with van der Waals surface area (Å²) in [5.74, 6) is 0.198. The van der Waals surface area contributed by atoms with Crippen molar-refractivity contribution in [1.29, 1.82) is 0 Å². The van der Waals surface area contributed by atoms with E-state index in [0.29, 0.717) is 6.61 Å². The number of Topliss-reactive ketones (excluding diaryl/α,β-unsaturated/α-hetero) is 1. The molecule has 0 bridgehead atoms. The summed E-state index contributed by atoms with van der Waals surface area (Å²) in [6.45, 7) is 9.37. The summed E-state index contributed by atoms with van der Waals surface area (Å²) >= 11 is 0. The molecule has 0 atom stereocenters. The minimum atomic E-state index is -0.384. The van der Waals surface area contributed by atoms with E-state index in [9.17, 15) is 4.79 Å². The van der Waals surface area contributed by atoms with Gasteiger partial charge in [-0.1, -0.05) is 51.1 Å². The van der Waals surface area contributed by atoms with Crippen molar-refractivity contribution in [2.75, 3.05) is 33.4 Å². The maximum atomic E-state index is 12.5. The van der Waals surface area contributed by atoms with Crippen LogP contribution in [-0.2, 0) is 4.74 Å². The molecule has 1 aromatic carbocycles. The Labute approximate surface area is 116 Å². The number of hydrogen-bond acceptors (Lipinski definition) is 3. The number of ether oxygens (including phenoxy) is 1. The van der Waals surface area contributed by atoms with Crippen LogP contribution in [0.4, 0.5) is 0 Å². The summed E-state index contributed by atoms with van der Waals surface area (Å²) in [5, 5.41) is 0. The number of carbonyl (C=O) groups is 1. The highest BCUT2D eigenvalue weighted by atomic mass is 16.5. The predicted octanol–water partition coefficient (Wildman–Crippen LogP) is 2.86. The van der Waals surface area contributed by atoms with Crippen LogP contribution in [0.3, 0.4) is 0 Å². The molecule has 19 heavy (non-hydrogen) atoms. The van der Waals surface area contributed by atoms with Gasteiger partial charge < -0.3 is 9.64 Å². The van der Waals surface area contributed by atoms with Crippen LogP contribution in [0.25, 0.3) is 0 Å². The first-order chi connectivity index (χ1) is 9.01. The van der Waals surface area contributed by atoms with E-state index in [4.69, 9.17) is 4.74 Å². The van der Waals surface area contributed by atoms with Crippen molar-refractivity contribution < 1.29 is 9.53 Å². The van der Waals surface area contributed by atoms with Crippen LogP contribution in [0.15, 0.2) is 30.3 Å². The van der Waals surface area contributed by atoms with Gasteiger partial charge in [0.1, 0.15) is 0 Å². The molecule has 0 amide bonds. The minimum absolute atomic E-state index is 0.198. The number of benzene rings is 1. The van der Waals surface area contributed by atoms with Gasteiger partial charge in [-0.2, -0.15) is 0 Å². The summed E-state index contributed by atoms with van der Waals surface area (Å²) in [6, 6.07) is 9.52. The van der Waals surface area contributed by atoms with Crippen LogP contribution >= 0.6 is 0 Å². The fraction of sp³-hybridized carbons (Fsp3) is 0.562. The number of likely N-dealkylation sites (N-methyl/N-ethyl adjacent to an activating group) is 1. The van der Waals surface area contributed by atoms with Crippen LogP contribution < -0.4 is 0 Å². The Morgan fingerprint density at radius 1 is 1.26 bits per heavy atom. The second kappa shape index (κ2) is 7.41. The van der Waals surface area contributed by atoms with Crippen LogP contribution in [-0.4, -0.2) is 44.0 Å². The fourth-order valence-electron chi connectivity index (χ4n) is 2.18. The number of rotatable bonds is 8. The largest absolute Gasteiger partial charge is 0.383 e. The van der Waals surface area contributed by atoms with Gasteiger partial charge in [-0.3, -0.25) is 4.79 Å². The van der Waals surface area contributed by atoms with Gasteiger partial charge in [-0.25, -0.2) is 0 Å². The zero-order valence-corrected chi connectivity index (χ0v) is 12.5. The minimum Gasteiger partial charge on any atom is -0.383 e. The standard InChI is InChI=1S/C16H25NO2/c1-5-17(11-12-19-4)13-16(2,3)15(18)14-9-7-6-8-10-14/h6-10H,5,11-13H2,1-4H3. The number of carbonyl (C=O) groups excluding carboxylic acids is 1. The Hall–Kier alpha value is -1.19. The lowest BCUT2D eigenvalue weighted by atomic mass is 9.83. The summed E-state index contributed by atoms with van der Waals surface area (Å²) in [7, 11) is 1.70. The van der Waals surface area contributed by atoms with Gasteiger partial charge in [0.05, 0.1) is 6.61 Å². The Morgan fingerprint density at radius 2 is 1.89 bits per heavy atom. The molecule has 0 heterocycles. The highest BCUT2D eigenvalue weighted by Crippen LogP contribution is 2.23. The first-order valence-electron chi connectivity index (χ1n) is 6.82. The highest BCUT2D eigenvalue weighted by Gasteiger charge is 2.30. The molecule has 1 aromatic rings. The molecule has 0 unspecified atom stereocenters. The predicted molar refractivity (Wildman–Crippen MR) is 78.5 cm³/mol. The van der Waals surface area contributed by atoms with Gasteiger partial charge in [0.15, 0.2) is 5.78 Å². The molecule has 106 valence electrons. The normalized spacial score (nSPS) is 11.8. The average Bonchev–Trinajstić information content (AvgIpc) is 2.43. The molecule has 0 saturated carbocycles. The van der Waals surface area contributed by atoms with Crippen molar-refractivity contribution in [1.82, 2.24) is 4.90 Å². The zero-order chi connectivity index (χ0) is 14.3. The number of nitrogens with zero attached hydrogens (tertiary/aromatic N) is 1. The third-order valence-electron chi connectivity index (χ3n) is 3.33. The van der Waals surface area contributed by atoms with Crippen molar-refractivity contribution in [3.05, 3.63) is 35.9 Å². The van der Waals surface area contributed by atoms with E-state index in [2.05, 4.69) is 11.8 Å². The van der Waals surface area contributed by atoms with E-state index in [1.807, 2.05) is 44.2 Å². The third kappa shape index (κ3) is 4.77. The second-order valence-corrected chi connectivity index (χ2v) is 5.44. The number of ketones is 1. The second-order valence-electron chi connectivity index (χ2n) is 5.44. The van der Waals surface area contributed by atoms with Gasteiger partial charge in [0, 0.05) is 31.2 Å². The lowest BCUT2D eigenvalue weighted by Gasteiger charge is -2.30. The smallest absolute Gasteiger partial charge is 0.169 e. The highest BCUT2D eigenvalue weighted by molar-refractivity contribution is 6.00. The summed E-state index contributed by atoms with van der Waals surface area (Å²) in [6.07, 6.45) is 0. The van der Waals surface area contributed by atoms with E-state index in [-0.39, 0.29) is 11.2 Å². The molecule has 0 aliphatic carbocycles. The molecule has 3 heteroatoms. The molecule has 0 fully saturated rings. The molecular weight excluding hydrogens is 238 g/mol. The lowest BCUT2D eigenvalue weighted by Crippen LogP contribution is -2.40. The summed E-state index contributed by atoms with van der Waals surface area (Å²) < 4.78 is 5.11. The number of hydrogen-bond donors (Lipinski definition) is 0. The molecule has 3 nitrogen and oxygen atoms in total. The molecular formula is C16H25NO2. The van der Waals surface area contributed by atoms with Crippen LogP contribution in [0.1, 0.15) is 31.1 Å². The van der Waals surface area contributed by atoms with Gasteiger partial charge in [-0.05, 0) is 6.54 Å². The van der Waals surface area contributed by atoms with E-state index < -0.39 is 0 Å². The van der Waals surface area contributed by atoms with Crippen LogP contribution in [0.5, 0.6) is 0 Å². The molecule has 0 aliphatic rings. The molecule has 0 radical (unpaired) electrons. The molecule has 0 spiro atoms. The van der Waals surface area contributed by atoms with Gasteiger partial charge >= 0.3 is 0 Å². The van der Waals surface area contributed by atoms with E-state index >= 15 is 0 Å².